The lowest BCUT2D eigenvalue weighted by atomic mass is 10.1. The molecule has 2 aromatic carbocycles. The van der Waals surface area contributed by atoms with E-state index < -0.39 is 0 Å². The zero-order valence-electron chi connectivity index (χ0n) is 15.3. The summed E-state index contributed by atoms with van der Waals surface area (Å²) in [7, 11) is 0. The number of nitrogens with one attached hydrogen (secondary N) is 1. The summed E-state index contributed by atoms with van der Waals surface area (Å²) in [6.45, 7) is 2.84. The maximum Gasteiger partial charge on any atom is 0.229 e. The van der Waals surface area contributed by atoms with E-state index in [2.05, 4.69) is 10.2 Å². The van der Waals surface area contributed by atoms with E-state index in [1.54, 1.807) is 4.90 Å². The van der Waals surface area contributed by atoms with Crippen LogP contribution in [0, 0.1) is 0 Å². The molecule has 1 fully saturated rings. The predicted molar refractivity (Wildman–Crippen MR) is 112 cm³/mol. The van der Waals surface area contributed by atoms with E-state index >= 15 is 0 Å². The predicted octanol–water partition coefficient (Wildman–Crippen LogP) is 3.82. The summed E-state index contributed by atoms with van der Waals surface area (Å²) in [4.78, 5) is 24.4. The van der Waals surface area contributed by atoms with Crippen molar-refractivity contribution in [2.45, 2.75) is 0 Å². The summed E-state index contributed by atoms with van der Waals surface area (Å²) in [5.41, 5.74) is 2.69. The van der Waals surface area contributed by atoms with Gasteiger partial charge in [-0.2, -0.15) is 4.98 Å². The van der Waals surface area contributed by atoms with E-state index in [0.717, 1.165) is 42.3 Å². The van der Waals surface area contributed by atoms with Crippen molar-refractivity contribution in [3.05, 3.63) is 65.7 Å². The van der Waals surface area contributed by atoms with Gasteiger partial charge in [-0.15, -0.1) is 0 Å². The first-order chi connectivity index (χ1) is 13.7. The molecule has 0 unspecified atom stereocenters. The van der Waals surface area contributed by atoms with E-state index in [4.69, 9.17) is 21.6 Å². The molecule has 142 valence electrons. The maximum atomic E-state index is 11.0. The molecule has 0 bridgehead atoms. The molecule has 6 nitrogen and oxygen atoms in total. The van der Waals surface area contributed by atoms with Crippen LogP contribution >= 0.6 is 11.6 Å². The molecule has 1 saturated heterocycles. The fraction of sp³-hybridized carbons (Fsp3) is 0.190. The van der Waals surface area contributed by atoms with Gasteiger partial charge in [-0.25, -0.2) is 4.98 Å². The van der Waals surface area contributed by atoms with E-state index in [-0.39, 0.29) is 0 Å². The Kier molecular flexibility index (Phi) is 5.39. The third-order valence-corrected chi connectivity index (χ3v) is 4.89. The first kappa shape index (κ1) is 18.3. The van der Waals surface area contributed by atoms with Gasteiger partial charge in [0.15, 0.2) is 0 Å². The summed E-state index contributed by atoms with van der Waals surface area (Å²) in [5, 5.41) is 3.90. The molecule has 0 spiro atoms. The number of piperazine rings is 1. The second kappa shape index (κ2) is 8.27. The minimum absolute atomic E-state index is 0.511. The summed E-state index contributed by atoms with van der Waals surface area (Å²) in [6.07, 6.45) is 0.902. The normalized spacial score (nSPS) is 14.0. The summed E-state index contributed by atoms with van der Waals surface area (Å²) in [5.74, 6) is 1.35. The number of rotatable bonds is 5. The number of halogens is 1. The molecule has 2 heterocycles. The van der Waals surface area contributed by atoms with Crippen LogP contribution < -0.4 is 10.2 Å². The molecular weight excluding hydrogens is 374 g/mol. The van der Waals surface area contributed by atoms with Crippen molar-refractivity contribution in [3.8, 4) is 11.3 Å². The van der Waals surface area contributed by atoms with Crippen molar-refractivity contribution < 1.29 is 4.79 Å². The van der Waals surface area contributed by atoms with E-state index in [0.29, 0.717) is 24.1 Å². The smallest absolute Gasteiger partial charge is 0.229 e. The first-order valence-electron chi connectivity index (χ1n) is 9.13. The number of anilines is 3. The molecule has 0 saturated carbocycles. The van der Waals surface area contributed by atoms with Crippen molar-refractivity contribution in [2.75, 3.05) is 36.4 Å². The Bertz CT molecular complexity index is 958. The molecule has 0 aliphatic carbocycles. The minimum Gasteiger partial charge on any atom is -0.353 e. The molecule has 0 atom stereocenters. The Hall–Kier alpha value is -3.12. The number of nitrogens with zero attached hydrogens (tertiary/aromatic N) is 4. The average Bonchev–Trinajstić information content (AvgIpc) is 2.74. The van der Waals surface area contributed by atoms with Crippen molar-refractivity contribution in [1.29, 1.82) is 0 Å². The highest BCUT2D eigenvalue weighted by molar-refractivity contribution is 6.30. The van der Waals surface area contributed by atoms with Gasteiger partial charge in [0, 0.05) is 48.5 Å². The van der Waals surface area contributed by atoms with Gasteiger partial charge in [-0.1, -0.05) is 48.0 Å². The highest BCUT2D eigenvalue weighted by Gasteiger charge is 2.18. The second-order valence-electron chi connectivity index (χ2n) is 6.56. The lowest BCUT2D eigenvalue weighted by Gasteiger charge is -2.33. The van der Waals surface area contributed by atoms with Gasteiger partial charge in [0.2, 0.25) is 12.4 Å². The van der Waals surface area contributed by atoms with E-state index in [9.17, 15) is 4.79 Å². The lowest BCUT2D eigenvalue weighted by Crippen LogP contribution is -2.46. The topological polar surface area (TPSA) is 61.4 Å². The van der Waals surface area contributed by atoms with Crippen LogP contribution in [0.5, 0.6) is 0 Å². The third kappa shape index (κ3) is 4.23. The van der Waals surface area contributed by atoms with Crippen molar-refractivity contribution in [3.63, 3.8) is 0 Å². The van der Waals surface area contributed by atoms with Gasteiger partial charge in [-0.05, 0) is 18.2 Å². The van der Waals surface area contributed by atoms with Gasteiger partial charge in [0.05, 0.1) is 5.69 Å². The van der Waals surface area contributed by atoms with Crippen LogP contribution in [0.15, 0.2) is 60.7 Å². The second-order valence-corrected chi connectivity index (χ2v) is 7.00. The number of amides is 1. The SMILES string of the molecule is O=CN1CCN(c2cc(-c3ccccc3)nc(Nc3cccc(Cl)c3)n2)CC1. The fourth-order valence-electron chi connectivity index (χ4n) is 3.16. The monoisotopic (exact) mass is 393 g/mol. The molecule has 4 rings (SSSR count). The quantitative estimate of drug-likeness (QED) is 0.668. The van der Waals surface area contributed by atoms with Crippen LogP contribution in [-0.4, -0.2) is 47.5 Å². The van der Waals surface area contributed by atoms with Crippen LogP contribution in [0.4, 0.5) is 17.5 Å². The third-order valence-electron chi connectivity index (χ3n) is 4.65. The highest BCUT2D eigenvalue weighted by Crippen LogP contribution is 2.26. The molecular formula is C21H20ClN5O. The Morgan fingerprint density at radius 1 is 0.929 bits per heavy atom. The Balaban J connectivity index is 1.68. The number of hydrogen-bond acceptors (Lipinski definition) is 5. The van der Waals surface area contributed by atoms with Crippen molar-refractivity contribution in [1.82, 2.24) is 14.9 Å². The number of aromatic nitrogens is 2. The lowest BCUT2D eigenvalue weighted by molar-refractivity contribution is -0.118. The standard InChI is InChI=1S/C21H20ClN5O/c22-17-7-4-8-18(13-17)23-21-24-19(16-5-2-1-3-6-16)14-20(25-21)27-11-9-26(15-28)10-12-27/h1-8,13-15H,9-12H2,(H,23,24,25). The van der Waals surface area contributed by atoms with Gasteiger partial charge in [0.1, 0.15) is 5.82 Å². The zero-order chi connectivity index (χ0) is 19.3. The zero-order valence-corrected chi connectivity index (χ0v) is 16.0. The maximum absolute atomic E-state index is 11.0. The molecule has 1 aliphatic heterocycles. The minimum atomic E-state index is 0.511. The summed E-state index contributed by atoms with van der Waals surface area (Å²) >= 11 is 6.10. The largest absolute Gasteiger partial charge is 0.353 e. The fourth-order valence-corrected chi connectivity index (χ4v) is 3.35. The molecule has 28 heavy (non-hydrogen) atoms. The number of hydrogen-bond donors (Lipinski definition) is 1. The first-order valence-corrected chi connectivity index (χ1v) is 9.50. The molecule has 1 N–H and O–H groups in total. The number of carbonyl (C=O) groups is 1. The van der Waals surface area contributed by atoms with Gasteiger partial charge < -0.3 is 15.1 Å². The van der Waals surface area contributed by atoms with E-state index in [1.165, 1.54) is 0 Å². The van der Waals surface area contributed by atoms with Crippen LogP contribution in [0.25, 0.3) is 11.3 Å². The molecule has 1 amide bonds. The highest BCUT2D eigenvalue weighted by atomic mass is 35.5. The molecule has 1 aliphatic rings. The Morgan fingerprint density at radius 2 is 1.71 bits per heavy atom. The molecule has 7 heteroatoms. The van der Waals surface area contributed by atoms with Gasteiger partial charge in [-0.3, -0.25) is 4.79 Å². The van der Waals surface area contributed by atoms with E-state index in [1.807, 2.05) is 60.7 Å². The summed E-state index contributed by atoms with van der Waals surface area (Å²) < 4.78 is 0. The Morgan fingerprint density at radius 3 is 2.43 bits per heavy atom. The number of benzene rings is 2. The van der Waals surface area contributed by atoms with Gasteiger partial charge >= 0.3 is 0 Å². The van der Waals surface area contributed by atoms with Crippen LogP contribution in [0.1, 0.15) is 0 Å². The van der Waals surface area contributed by atoms with Crippen molar-refractivity contribution >= 4 is 35.5 Å². The van der Waals surface area contributed by atoms with Crippen LogP contribution in [-0.2, 0) is 4.79 Å². The van der Waals surface area contributed by atoms with Crippen LogP contribution in [0.2, 0.25) is 5.02 Å². The average molecular weight is 394 g/mol. The molecule has 1 aromatic heterocycles. The number of carbonyl (C=O) groups excluding carboxylic acids is 1. The molecule has 0 radical (unpaired) electrons. The van der Waals surface area contributed by atoms with Crippen LogP contribution in [0.3, 0.4) is 0 Å². The van der Waals surface area contributed by atoms with Gasteiger partial charge in [0.25, 0.3) is 0 Å². The Labute approximate surface area is 168 Å². The molecule has 3 aromatic rings. The summed E-state index contributed by atoms with van der Waals surface area (Å²) in [6, 6.07) is 19.5. The van der Waals surface area contributed by atoms with Crippen molar-refractivity contribution in [2.24, 2.45) is 0 Å².